The van der Waals surface area contributed by atoms with Gasteiger partial charge in [0, 0.05) is 17.3 Å². The number of sulfonamides is 1. The van der Waals surface area contributed by atoms with Gasteiger partial charge in [-0.1, -0.05) is 45.9 Å². The lowest BCUT2D eigenvalue weighted by Crippen LogP contribution is -2.15. The molecule has 8 heteroatoms. The van der Waals surface area contributed by atoms with Crippen LogP contribution in [0.2, 0.25) is 0 Å². The van der Waals surface area contributed by atoms with Crippen LogP contribution in [0.3, 0.4) is 0 Å². The summed E-state index contributed by atoms with van der Waals surface area (Å²) in [5, 5.41) is 8.33. The molecule has 0 unspecified atom stereocenters. The third-order valence-electron chi connectivity index (χ3n) is 4.84. The average Bonchev–Trinajstić information content (AvgIpc) is 2.78. The van der Waals surface area contributed by atoms with Gasteiger partial charge in [-0.15, -0.1) is 10.2 Å². The van der Waals surface area contributed by atoms with Gasteiger partial charge in [0.2, 0.25) is 5.88 Å². The van der Waals surface area contributed by atoms with Crippen LogP contribution in [-0.2, 0) is 10.0 Å². The van der Waals surface area contributed by atoms with Crippen molar-refractivity contribution in [2.75, 3.05) is 17.9 Å². The Kier molecular flexibility index (Phi) is 7.92. The monoisotopic (exact) mass is 469 g/mol. The van der Waals surface area contributed by atoms with Gasteiger partial charge < -0.3 is 9.47 Å². The Labute approximate surface area is 196 Å². The second-order valence-corrected chi connectivity index (χ2v) is 10.1. The quantitative estimate of drug-likeness (QED) is 0.422. The standard InChI is InChI=1S/C25H31N3O4S/c1-6-31-23-12-10-19(18(4)5)15-24(23)33(29,30)28-21-9-7-8-20(14-21)22-11-13-25(27-26-22)32-16-17(2)3/h7-15,17-18,28H,6,16H2,1-5H3. The molecule has 0 atom stereocenters. The van der Waals surface area contributed by atoms with Gasteiger partial charge in [-0.2, -0.15) is 0 Å². The number of aromatic nitrogens is 2. The number of hydrogen-bond acceptors (Lipinski definition) is 6. The predicted molar refractivity (Wildman–Crippen MR) is 130 cm³/mol. The molecule has 3 aromatic rings. The maximum absolute atomic E-state index is 13.3. The molecule has 0 saturated heterocycles. The molecule has 0 radical (unpaired) electrons. The van der Waals surface area contributed by atoms with E-state index < -0.39 is 10.0 Å². The zero-order valence-corrected chi connectivity index (χ0v) is 20.5. The number of ether oxygens (including phenoxy) is 2. The summed E-state index contributed by atoms with van der Waals surface area (Å²) in [5.74, 6) is 1.36. The fraction of sp³-hybridized carbons (Fsp3) is 0.360. The smallest absolute Gasteiger partial charge is 0.265 e. The number of benzene rings is 2. The molecule has 33 heavy (non-hydrogen) atoms. The molecule has 176 valence electrons. The largest absolute Gasteiger partial charge is 0.492 e. The van der Waals surface area contributed by atoms with Crippen molar-refractivity contribution in [2.45, 2.75) is 45.4 Å². The summed E-state index contributed by atoms with van der Waals surface area (Å²) in [6, 6.07) is 15.9. The Hall–Kier alpha value is -3.13. The molecule has 0 aliphatic heterocycles. The summed E-state index contributed by atoms with van der Waals surface area (Å²) in [4.78, 5) is 0.118. The van der Waals surface area contributed by atoms with Crippen molar-refractivity contribution in [1.82, 2.24) is 10.2 Å². The van der Waals surface area contributed by atoms with Crippen LogP contribution in [0.25, 0.3) is 11.3 Å². The fourth-order valence-electron chi connectivity index (χ4n) is 3.12. The predicted octanol–water partition coefficient (Wildman–Crippen LogP) is 5.50. The van der Waals surface area contributed by atoms with Crippen LogP contribution in [0, 0.1) is 5.92 Å². The third-order valence-corrected chi connectivity index (χ3v) is 6.24. The normalized spacial score (nSPS) is 11.6. The summed E-state index contributed by atoms with van der Waals surface area (Å²) in [6.45, 7) is 10.9. The maximum atomic E-state index is 13.3. The van der Waals surface area contributed by atoms with Crippen LogP contribution in [0.15, 0.2) is 59.5 Å². The van der Waals surface area contributed by atoms with E-state index in [1.807, 2.05) is 32.9 Å². The van der Waals surface area contributed by atoms with E-state index in [1.165, 1.54) is 0 Å². The first-order valence-electron chi connectivity index (χ1n) is 11.1. The molecule has 0 bridgehead atoms. The van der Waals surface area contributed by atoms with E-state index in [0.29, 0.717) is 42.1 Å². The van der Waals surface area contributed by atoms with E-state index in [4.69, 9.17) is 9.47 Å². The van der Waals surface area contributed by atoms with Gasteiger partial charge in [0.15, 0.2) is 0 Å². The van der Waals surface area contributed by atoms with Crippen LogP contribution >= 0.6 is 0 Å². The lowest BCUT2D eigenvalue weighted by molar-refractivity contribution is 0.258. The summed E-state index contributed by atoms with van der Waals surface area (Å²) >= 11 is 0. The molecule has 7 nitrogen and oxygen atoms in total. The highest BCUT2D eigenvalue weighted by Gasteiger charge is 2.21. The molecular formula is C25H31N3O4S. The van der Waals surface area contributed by atoms with Crippen molar-refractivity contribution in [2.24, 2.45) is 5.92 Å². The van der Waals surface area contributed by atoms with E-state index in [9.17, 15) is 8.42 Å². The van der Waals surface area contributed by atoms with Crippen LogP contribution in [0.1, 0.15) is 46.1 Å². The molecule has 0 aliphatic rings. The summed E-state index contributed by atoms with van der Waals surface area (Å²) < 4.78 is 40.3. The van der Waals surface area contributed by atoms with Crippen molar-refractivity contribution in [1.29, 1.82) is 0 Å². The van der Waals surface area contributed by atoms with Gasteiger partial charge in [0.05, 0.1) is 18.9 Å². The number of rotatable bonds is 10. The highest BCUT2D eigenvalue weighted by Crippen LogP contribution is 2.30. The number of nitrogens with one attached hydrogen (secondary N) is 1. The van der Waals surface area contributed by atoms with Gasteiger partial charge in [-0.25, -0.2) is 8.42 Å². The van der Waals surface area contributed by atoms with E-state index in [2.05, 4.69) is 28.8 Å². The molecule has 3 rings (SSSR count). The lowest BCUT2D eigenvalue weighted by atomic mass is 10.0. The molecule has 1 aromatic heterocycles. The second-order valence-electron chi connectivity index (χ2n) is 8.44. The van der Waals surface area contributed by atoms with Crippen LogP contribution in [0.4, 0.5) is 5.69 Å². The Morgan fingerprint density at radius 3 is 2.36 bits per heavy atom. The van der Waals surface area contributed by atoms with Gasteiger partial charge in [-0.3, -0.25) is 4.72 Å². The Morgan fingerprint density at radius 2 is 1.73 bits per heavy atom. The number of hydrogen-bond donors (Lipinski definition) is 1. The molecule has 0 fully saturated rings. The Bertz CT molecular complexity index is 1180. The van der Waals surface area contributed by atoms with Crippen molar-refractivity contribution >= 4 is 15.7 Å². The summed E-state index contributed by atoms with van der Waals surface area (Å²) in [5.41, 5.74) is 2.69. The van der Waals surface area contributed by atoms with Gasteiger partial charge in [0.1, 0.15) is 10.6 Å². The highest BCUT2D eigenvalue weighted by atomic mass is 32.2. The highest BCUT2D eigenvalue weighted by molar-refractivity contribution is 7.92. The SMILES string of the molecule is CCOc1ccc(C(C)C)cc1S(=O)(=O)Nc1cccc(-c2ccc(OCC(C)C)nn2)c1. The zero-order valence-electron chi connectivity index (χ0n) is 19.7. The molecule has 2 aromatic carbocycles. The first kappa shape index (κ1) is 24.5. The van der Waals surface area contributed by atoms with E-state index in [1.54, 1.807) is 42.5 Å². The van der Waals surface area contributed by atoms with Crippen molar-refractivity contribution in [3.05, 3.63) is 60.2 Å². The van der Waals surface area contributed by atoms with Crippen molar-refractivity contribution in [3.8, 4) is 22.9 Å². The lowest BCUT2D eigenvalue weighted by Gasteiger charge is -2.15. The molecule has 1 heterocycles. The van der Waals surface area contributed by atoms with Crippen molar-refractivity contribution in [3.63, 3.8) is 0 Å². The average molecular weight is 470 g/mol. The zero-order chi connectivity index (χ0) is 24.0. The molecule has 0 aliphatic carbocycles. The Balaban J connectivity index is 1.86. The van der Waals surface area contributed by atoms with Crippen LogP contribution in [0.5, 0.6) is 11.6 Å². The minimum Gasteiger partial charge on any atom is -0.492 e. The minimum absolute atomic E-state index is 0.118. The molecule has 0 saturated carbocycles. The van der Waals surface area contributed by atoms with Crippen LogP contribution < -0.4 is 14.2 Å². The minimum atomic E-state index is -3.87. The van der Waals surface area contributed by atoms with Crippen LogP contribution in [-0.4, -0.2) is 31.8 Å². The molecule has 0 spiro atoms. The molecule has 1 N–H and O–H groups in total. The maximum Gasteiger partial charge on any atom is 0.265 e. The van der Waals surface area contributed by atoms with Crippen molar-refractivity contribution < 1.29 is 17.9 Å². The van der Waals surface area contributed by atoms with Gasteiger partial charge >= 0.3 is 0 Å². The first-order chi connectivity index (χ1) is 15.7. The second kappa shape index (κ2) is 10.7. The Morgan fingerprint density at radius 1 is 0.939 bits per heavy atom. The fourth-order valence-corrected chi connectivity index (χ4v) is 4.35. The molecule has 0 amide bonds. The molecular weight excluding hydrogens is 438 g/mol. The summed E-state index contributed by atoms with van der Waals surface area (Å²) in [6.07, 6.45) is 0. The van der Waals surface area contributed by atoms with E-state index >= 15 is 0 Å². The number of nitrogens with zero attached hydrogens (tertiary/aromatic N) is 2. The van der Waals surface area contributed by atoms with E-state index in [0.717, 1.165) is 11.1 Å². The van der Waals surface area contributed by atoms with E-state index in [-0.39, 0.29) is 10.8 Å². The number of anilines is 1. The van der Waals surface area contributed by atoms with Gasteiger partial charge in [0.25, 0.3) is 10.0 Å². The first-order valence-corrected chi connectivity index (χ1v) is 12.5. The van der Waals surface area contributed by atoms with Gasteiger partial charge in [-0.05, 0) is 54.7 Å². The third kappa shape index (κ3) is 6.44. The summed E-state index contributed by atoms with van der Waals surface area (Å²) in [7, 11) is -3.87. The topological polar surface area (TPSA) is 90.4 Å².